The predicted octanol–water partition coefficient (Wildman–Crippen LogP) is 3.88. The Bertz CT molecular complexity index is 1100. The SMILES string of the molecule is CCOC(=O)c1cc2cc(NC(=O)CCS(=O)(=O)c3ccccc3)ccc2s1. The van der Waals surface area contributed by atoms with Gasteiger partial charge < -0.3 is 10.1 Å². The second-order valence-corrected chi connectivity index (χ2v) is 9.21. The van der Waals surface area contributed by atoms with E-state index < -0.39 is 9.84 Å². The summed E-state index contributed by atoms with van der Waals surface area (Å²) in [4.78, 5) is 24.7. The minimum absolute atomic E-state index is 0.146. The Morgan fingerprint density at radius 3 is 2.54 bits per heavy atom. The molecule has 0 fully saturated rings. The molecule has 28 heavy (non-hydrogen) atoms. The molecule has 3 aromatic rings. The molecule has 146 valence electrons. The highest BCUT2D eigenvalue weighted by Crippen LogP contribution is 2.28. The zero-order chi connectivity index (χ0) is 20.1. The fraction of sp³-hybridized carbons (Fsp3) is 0.200. The highest BCUT2D eigenvalue weighted by atomic mass is 32.2. The smallest absolute Gasteiger partial charge is 0.348 e. The van der Waals surface area contributed by atoms with Crippen LogP contribution in [0.15, 0.2) is 59.5 Å². The van der Waals surface area contributed by atoms with E-state index in [2.05, 4.69) is 5.32 Å². The summed E-state index contributed by atoms with van der Waals surface area (Å²) in [7, 11) is -3.50. The van der Waals surface area contributed by atoms with Crippen molar-refractivity contribution in [2.45, 2.75) is 18.2 Å². The standard InChI is InChI=1S/C20H19NO5S2/c1-2-26-20(23)18-13-14-12-15(8-9-17(14)27-18)21-19(22)10-11-28(24,25)16-6-4-3-5-7-16/h3-9,12-13H,2,10-11H2,1H3,(H,21,22). The lowest BCUT2D eigenvalue weighted by molar-refractivity contribution is -0.115. The van der Waals surface area contributed by atoms with Gasteiger partial charge in [0.1, 0.15) is 4.88 Å². The average Bonchev–Trinajstić information content (AvgIpc) is 3.11. The van der Waals surface area contributed by atoms with Gasteiger partial charge in [0.15, 0.2) is 9.84 Å². The Labute approximate surface area is 167 Å². The number of thiophene rings is 1. The number of carbonyl (C=O) groups is 2. The topological polar surface area (TPSA) is 89.5 Å². The number of ether oxygens (including phenoxy) is 1. The van der Waals surface area contributed by atoms with Gasteiger partial charge in [-0.25, -0.2) is 13.2 Å². The van der Waals surface area contributed by atoms with Crippen molar-refractivity contribution in [1.82, 2.24) is 0 Å². The molecule has 6 nitrogen and oxygen atoms in total. The predicted molar refractivity (Wildman–Crippen MR) is 110 cm³/mol. The fourth-order valence-electron chi connectivity index (χ4n) is 2.62. The van der Waals surface area contributed by atoms with Crippen LogP contribution in [0, 0.1) is 0 Å². The number of fused-ring (bicyclic) bond motifs is 1. The van der Waals surface area contributed by atoms with E-state index in [1.54, 1.807) is 49.4 Å². The maximum atomic E-state index is 12.3. The van der Waals surface area contributed by atoms with E-state index in [9.17, 15) is 18.0 Å². The third kappa shape index (κ3) is 4.76. The second-order valence-electron chi connectivity index (χ2n) is 6.01. The molecule has 0 saturated carbocycles. The lowest BCUT2D eigenvalue weighted by atomic mass is 10.2. The largest absolute Gasteiger partial charge is 0.462 e. The van der Waals surface area contributed by atoms with E-state index in [0.29, 0.717) is 17.2 Å². The minimum atomic E-state index is -3.50. The molecule has 1 aromatic heterocycles. The van der Waals surface area contributed by atoms with Gasteiger partial charge >= 0.3 is 5.97 Å². The number of sulfone groups is 1. The first kappa shape index (κ1) is 20.0. The molecule has 0 spiro atoms. The number of hydrogen-bond donors (Lipinski definition) is 1. The number of nitrogens with one attached hydrogen (secondary N) is 1. The monoisotopic (exact) mass is 417 g/mol. The molecule has 0 atom stereocenters. The maximum Gasteiger partial charge on any atom is 0.348 e. The van der Waals surface area contributed by atoms with E-state index in [0.717, 1.165) is 10.1 Å². The number of carbonyl (C=O) groups excluding carboxylic acids is 2. The van der Waals surface area contributed by atoms with Crippen LogP contribution >= 0.6 is 11.3 Å². The molecule has 8 heteroatoms. The first-order chi connectivity index (χ1) is 13.4. The first-order valence-electron chi connectivity index (χ1n) is 8.67. The third-order valence-corrected chi connectivity index (χ3v) is 6.80. The van der Waals surface area contributed by atoms with Gasteiger partial charge in [-0.05, 0) is 48.7 Å². The maximum absolute atomic E-state index is 12.3. The van der Waals surface area contributed by atoms with Crippen LogP contribution in [-0.2, 0) is 19.4 Å². The molecule has 0 radical (unpaired) electrons. The minimum Gasteiger partial charge on any atom is -0.462 e. The molecule has 1 amide bonds. The Morgan fingerprint density at radius 2 is 1.82 bits per heavy atom. The van der Waals surface area contributed by atoms with Crippen LogP contribution in [0.4, 0.5) is 5.69 Å². The zero-order valence-electron chi connectivity index (χ0n) is 15.2. The molecule has 1 heterocycles. The summed E-state index contributed by atoms with van der Waals surface area (Å²) >= 11 is 1.32. The van der Waals surface area contributed by atoms with Gasteiger partial charge in [-0.2, -0.15) is 0 Å². The molecule has 0 aliphatic rings. The van der Waals surface area contributed by atoms with Gasteiger partial charge in [-0.3, -0.25) is 4.79 Å². The van der Waals surface area contributed by atoms with E-state index in [4.69, 9.17) is 4.74 Å². The number of rotatable bonds is 7. The van der Waals surface area contributed by atoms with E-state index in [-0.39, 0.29) is 28.9 Å². The molecular formula is C20H19NO5S2. The van der Waals surface area contributed by atoms with Crippen molar-refractivity contribution in [3.8, 4) is 0 Å². The Kier molecular flexibility index (Phi) is 6.11. The highest BCUT2D eigenvalue weighted by Gasteiger charge is 2.16. The lowest BCUT2D eigenvalue weighted by Gasteiger charge is -2.06. The van der Waals surface area contributed by atoms with Crippen LogP contribution in [0.5, 0.6) is 0 Å². The molecule has 1 N–H and O–H groups in total. The van der Waals surface area contributed by atoms with Crippen molar-refractivity contribution in [3.63, 3.8) is 0 Å². The van der Waals surface area contributed by atoms with E-state index in [1.807, 2.05) is 0 Å². The van der Waals surface area contributed by atoms with Crippen LogP contribution in [-0.4, -0.2) is 32.7 Å². The van der Waals surface area contributed by atoms with E-state index in [1.165, 1.54) is 23.5 Å². The van der Waals surface area contributed by atoms with Crippen LogP contribution in [0.3, 0.4) is 0 Å². The van der Waals surface area contributed by atoms with Crippen molar-refractivity contribution in [2.24, 2.45) is 0 Å². The van der Waals surface area contributed by atoms with Crippen molar-refractivity contribution in [3.05, 3.63) is 59.5 Å². The van der Waals surface area contributed by atoms with Crippen molar-refractivity contribution < 1.29 is 22.7 Å². The normalized spacial score (nSPS) is 11.3. The molecule has 0 aliphatic carbocycles. The summed E-state index contributed by atoms with van der Waals surface area (Å²) in [5.74, 6) is -1.03. The number of amides is 1. The lowest BCUT2D eigenvalue weighted by Crippen LogP contribution is -2.17. The molecule has 3 rings (SSSR count). The number of anilines is 1. The summed E-state index contributed by atoms with van der Waals surface area (Å²) in [5, 5.41) is 3.51. The Morgan fingerprint density at radius 1 is 1.07 bits per heavy atom. The van der Waals surface area contributed by atoms with Gasteiger partial charge in [0, 0.05) is 16.8 Å². The molecule has 0 bridgehead atoms. The molecular weight excluding hydrogens is 398 g/mol. The van der Waals surface area contributed by atoms with Crippen LogP contribution < -0.4 is 5.32 Å². The van der Waals surface area contributed by atoms with Crippen LogP contribution in [0.2, 0.25) is 0 Å². The van der Waals surface area contributed by atoms with Crippen molar-refractivity contribution in [1.29, 1.82) is 0 Å². The average molecular weight is 418 g/mol. The second kappa shape index (κ2) is 8.53. The fourth-order valence-corrected chi connectivity index (χ4v) is 4.82. The van der Waals surface area contributed by atoms with Gasteiger partial charge in [-0.1, -0.05) is 18.2 Å². The van der Waals surface area contributed by atoms with Crippen LogP contribution in [0.25, 0.3) is 10.1 Å². The molecule has 0 aliphatic heterocycles. The molecule has 2 aromatic carbocycles. The summed E-state index contributed by atoms with van der Waals surface area (Å²) < 4.78 is 30.4. The zero-order valence-corrected chi connectivity index (χ0v) is 16.8. The quantitative estimate of drug-likeness (QED) is 0.589. The van der Waals surface area contributed by atoms with E-state index >= 15 is 0 Å². The Hall–Kier alpha value is -2.71. The van der Waals surface area contributed by atoms with Crippen molar-refractivity contribution >= 4 is 48.8 Å². The number of esters is 1. The van der Waals surface area contributed by atoms with Crippen molar-refractivity contribution in [2.75, 3.05) is 17.7 Å². The first-order valence-corrected chi connectivity index (χ1v) is 11.1. The molecule has 0 unspecified atom stereocenters. The highest BCUT2D eigenvalue weighted by molar-refractivity contribution is 7.91. The van der Waals surface area contributed by atoms with Gasteiger partial charge in [0.05, 0.1) is 17.3 Å². The van der Waals surface area contributed by atoms with Gasteiger partial charge in [0.2, 0.25) is 5.91 Å². The third-order valence-electron chi connectivity index (χ3n) is 3.98. The van der Waals surface area contributed by atoms with Crippen LogP contribution in [0.1, 0.15) is 23.0 Å². The number of hydrogen-bond acceptors (Lipinski definition) is 6. The Balaban J connectivity index is 1.65. The summed E-state index contributed by atoms with van der Waals surface area (Å²) in [6.45, 7) is 2.05. The summed E-state index contributed by atoms with van der Waals surface area (Å²) in [6, 6.07) is 15.0. The van der Waals surface area contributed by atoms with Gasteiger partial charge in [-0.15, -0.1) is 11.3 Å². The van der Waals surface area contributed by atoms with Gasteiger partial charge in [0.25, 0.3) is 0 Å². The number of benzene rings is 2. The summed E-state index contributed by atoms with van der Waals surface area (Å²) in [5.41, 5.74) is 0.544. The summed E-state index contributed by atoms with van der Waals surface area (Å²) in [6.07, 6.45) is -0.146. The molecule has 0 saturated heterocycles.